The van der Waals surface area contributed by atoms with Crippen LogP contribution in [0.5, 0.6) is 0 Å². The highest BCUT2D eigenvalue weighted by Gasteiger charge is 2.24. The van der Waals surface area contributed by atoms with Gasteiger partial charge in [-0.3, -0.25) is 4.79 Å². The second-order valence-corrected chi connectivity index (χ2v) is 5.87. The zero-order chi connectivity index (χ0) is 18.4. The number of esters is 1. The molecule has 1 amide bonds. The Bertz CT molecular complexity index is 757. The number of benzene rings is 1. The molecule has 0 saturated heterocycles. The summed E-state index contributed by atoms with van der Waals surface area (Å²) in [5, 5.41) is 13.2. The Morgan fingerprint density at radius 3 is 2.48 bits per heavy atom. The van der Waals surface area contributed by atoms with Gasteiger partial charge in [-0.2, -0.15) is 0 Å². The van der Waals surface area contributed by atoms with Gasteiger partial charge >= 0.3 is 5.97 Å². The SMILES string of the molecule is CCOC(=O)c1ccc(C(=O)NCC(C)(O)c2ccccc2)nc1C. The van der Waals surface area contributed by atoms with Crippen molar-refractivity contribution in [1.82, 2.24) is 10.3 Å². The minimum Gasteiger partial charge on any atom is -0.462 e. The van der Waals surface area contributed by atoms with E-state index in [-0.39, 0.29) is 18.8 Å². The van der Waals surface area contributed by atoms with Crippen molar-refractivity contribution in [3.05, 3.63) is 65.0 Å². The first-order valence-corrected chi connectivity index (χ1v) is 8.06. The second-order valence-electron chi connectivity index (χ2n) is 5.87. The van der Waals surface area contributed by atoms with Gasteiger partial charge in [-0.05, 0) is 38.5 Å². The average molecular weight is 342 g/mol. The summed E-state index contributed by atoms with van der Waals surface area (Å²) < 4.78 is 4.94. The van der Waals surface area contributed by atoms with E-state index >= 15 is 0 Å². The summed E-state index contributed by atoms with van der Waals surface area (Å²) >= 11 is 0. The lowest BCUT2D eigenvalue weighted by Crippen LogP contribution is -2.39. The molecule has 0 radical (unpaired) electrons. The highest BCUT2D eigenvalue weighted by atomic mass is 16.5. The van der Waals surface area contributed by atoms with Gasteiger partial charge in [0.25, 0.3) is 5.91 Å². The van der Waals surface area contributed by atoms with Crippen LogP contribution in [0.1, 0.15) is 46.0 Å². The summed E-state index contributed by atoms with van der Waals surface area (Å²) in [6, 6.07) is 12.1. The van der Waals surface area contributed by atoms with Gasteiger partial charge in [0.1, 0.15) is 11.3 Å². The smallest absolute Gasteiger partial charge is 0.339 e. The summed E-state index contributed by atoms with van der Waals surface area (Å²) in [6.45, 7) is 5.31. The third-order valence-electron chi connectivity index (χ3n) is 3.80. The first-order valence-electron chi connectivity index (χ1n) is 8.06. The van der Waals surface area contributed by atoms with Gasteiger partial charge in [-0.1, -0.05) is 30.3 Å². The molecule has 1 aromatic heterocycles. The maximum absolute atomic E-state index is 12.3. The Morgan fingerprint density at radius 2 is 1.88 bits per heavy atom. The van der Waals surface area contributed by atoms with E-state index in [1.807, 2.05) is 18.2 Å². The van der Waals surface area contributed by atoms with Gasteiger partial charge < -0.3 is 15.2 Å². The fraction of sp³-hybridized carbons (Fsp3) is 0.316. The van der Waals surface area contributed by atoms with Crippen LogP contribution in [-0.2, 0) is 10.3 Å². The van der Waals surface area contributed by atoms with E-state index < -0.39 is 17.5 Å². The summed E-state index contributed by atoms with van der Waals surface area (Å²) in [6.07, 6.45) is 0. The predicted molar refractivity (Wildman–Crippen MR) is 93.3 cm³/mol. The van der Waals surface area contributed by atoms with Crippen LogP contribution in [0.2, 0.25) is 0 Å². The predicted octanol–water partition coefficient (Wildman–Crippen LogP) is 2.20. The monoisotopic (exact) mass is 342 g/mol. The van der Waals surface area contributed by atoms with E-state index in [0.717, 1.165) is 0 Å². The number of amides is 1. The highest BCUT2D eigenvalue weighted by Crippen LogP contribution is 2.19. The molecule has 1 unspecified atom stereocenters. The van der Waals surface area contributed by atoms with Gasteiger partial charge in [-0.15, -0.1) is 0 Å². The lowest BCUT2D eigenvalue weighted by molar-refractivity contribution is 0.0523. The van der Waals surface area contributed by atoms with Crippen LogP contribution in [0, 0.1) is 6.92 Å². The van der Waals surface area contributed by atoms with E-state index in [0.29, 0.717) is 16.8 Å². The molecule has 0 spiro atoms. The quantitative estimate of drug-likeness (QED) is 0.786. The van der Waals surface area contributed by atoms with Crippen LogP contribution in [0.25, 0.3) is 0 Å². The number of nitrogens with one attached hydrogen (secondary N) is 1. The Hall–Kier alpha value is -2.73. The van der Waals surface area contributed by atoms with E-state index in [1.165, 1.54) is 12.1 Å². The molecule has 6 heteroatoms. The number of ether oxygens (including phenoxy) is 1. The normalized spacial score (nSPS) is 13.0. The number of hydrogen-bond acceptors (Lipinski definition) is 5. The Balaban J connectivity index is 2.06. The zero-order valence-corrected chi connectivity index (χ0v) is 14.6. The molecule has 2 aromatic rings. The van der Waals surface area contributed by atoms with Gasteiger partial charge in [0, 0.05) is 0 Å². The molecule has 1 aromatic carbocycles. The van der Waals surface area contributed by atoms with Gasteiger partial charge in [0.05, 0.1) is 24.4 Å². The maximum Gasteiger partial charge on any atom is 0.339 e. The van der Waals surface area contributed by atoms with E-state index in [1.54, 1.807) is 32.9 Å². The molecule has 2 N–H and O–H groups in total. The minimum atomic E-state index is -1.20. The first kappa shape index (κ1) is 18.6. The lowest BCUT2D eigenvalue weighted by atomic mass is 9.96. The summed E-state index contributed by atoms with van der Waals surface area (Å²) in [5.41, 5.74) is 0.429. The molecular weight excluding hydrogens is 320 g/mol. The van der Waals surface area contributed by atoms with Crippen LogP contribution in [0.4, 0.5) is 0 Å². The molecule has 0 aliphatic rings. The van der Waals surface area contributed by atoms with Gasteiger partial charge in [0.15, 0.2) is 0 Å². The van der Waals surface area contributed by atoms with E-state index in [4.69, 9.17) is 4.74 Å². The van der Waals surface area contributed by atoms with Crippen molar-refractivity contribution in [3.8, 4) is 0 Å². The molecule has 0 bridgehead atoms. The molecule has 132 valence electrons. The van der Waals surface area contributed by atoms with Crippen molar-refractivity contribution in [2.75, 3.05) is 13.2 Å². The van der Waals surface area contributed by atoms with Crippen molar-refractivity contribution in [3.63, 3.8) is 0 Å². The topological polar surface area (TPSA) is 88.5 Å². The standard InChI is InChI=1S/C19H22N2O4/c1-4-25-18(23)15-10-11-16(21-13(15)2)17(22)20-12-19(3,24)14-8-6-5-7-9-14/h5-11,24H,4,12H2,1-3H3,(H,20,22). The molecule has 0 aliphatic heterocycles. The minimum absolute atomic E-state index is 0.0379. The Morgan fingerprint density at radius 1 is 1.20 bits per heavy atom. The molecular formula is C19H22N2O4. The van der Waals surface area contributed by atoms with Gasteiger partial charge in [-0.25, -0.2) is 9.78 Å². The van der Waals surface area contributed by atoms with Crippen LogP contribution in [0.3, 0.4) is 0 Å². The van der Waals surface area contributed by atoms with Crippen LogP contribution >= 0.6 is 0 Å². The van der Waals surface area contributed by atoms with Crippen molar-refractivity contribution in [1.29, 1.82) is 0 Å². The fourth-order valence-electron chi connectivity index (χ4n) is 2.35. The molecule has 1 atom stereocenters. The third kappa shape index (κ3) is 4.64. The average Bonchev–Trinajstić information content (AvgIpc) is 2.60. The van der Waals surface area contributed by atoms with Crippen LogP contribution in [-0.4, -0.2) is 35.1 Å². The first-order chi connectivity index (χ1) is 11.8. The number of rotatable bonds is 6. The van der Waals surface area contributed by atoms with E-state index in [9.17, 15) is 14.7 Å². The molecule has 1 heterocycles. The molecule has 0 aliphatic carbocycles. The summed E-state index contributed by atoms with van der Waals surface area (Å²) in [7, 11) is 0. The number of carbonyl (C=O) groups is 2. The fourth-order valence-corrected chi connectivity index (χ4v) is 2.35. The number of hydrogen-bond donors (Lipinski definition) is 2. The van der Waals surface area contributed by atoms with Crippen molar-refractivity contribution in [2.45, 2.75) is 26.4 Å². The number of aliphatic hydroxyl groups is 1. The van der Waals surface area contributed by atoms with Gasteiger partial charge in [0.2, 0.25) is 0 Å². The maximum atomic E-state index is 12.3. The number of nitrogens with zero attached hydrogens (tertiary/aromatic N) is 1. The highest BCUT2D eigenvalue weighted by molar-refractivity contribution is 5.95. The Kier molecular flexibility index (Phi) is 5.88. The van der Waals surface area contributed by atoms with Crippen molar-refractivity contribution in [2.24, 2.45) is 0 Å². The molecule has 2 rings (SSSR count). The van der Waals surface area contributed by atoms with Crippen molar-refractivity contribution < 1.29 is 19.4 Å². The largest absolute Gasteiger partial charge is 0.462 e. The number of carbonyl (C=O) groups excluding carboxylic acids is 2. The second kappa shape index (κ2) is 7.90. The number of aryl methyl sites for hydroxylation is 1. The molecule has 25 heavy (non-hydrogen) atoms. The summed E-state index contributed by atoms with van der Waals surface area (Å²) in [4.78, 5) is 28.2. The molecule has 0 saturated carbocycles. The molecule has 0 fully saturated rings. The third-order valence-corrected chi connectivity index (χ3v) is 3.80. The number of pyridine rings is 1. The van der Waals surface area contributed by atoms with Crippen LogP contribution < -0.4 is 5.32 Å². The molecule has 6 nitrogen and oxygen atoms in total. The van der Waals surface area contributed by atoms with E-state index in [2.05, 4.69) is 10.3 Å². The zero-order valence-electron chi connectivity index (χ0n) is 14.6. The van der Waals surface area contributed by atoms with Crippen molar-refractivity contribution >= 4 is 11.9 Å². The Labute approximate surface area is 146 Å². The number of aromatic nitrogens is 1. The lowest BCUT2D eigenvalue weighted by Gasteiger charge is -2.24. The summed E-state index contributed by atoms with van der Waals surface area (Å²) in [5.74, 6) is -0.888. The van der Waals surface area contributed by atoms with Crippen LogP contribution in [0.15, 0.2) is 42.5 Å².